The lowest BCUT2D eigenvalue weighted by molar-refractivity contribution is 0.0372. The summed E-state index contributed by atoms with van der Waals surface area (Å²) in [6, 6.07) is 4.96. The molecule has 7 heteroatoms. The van der Waals surface area contributed by atoms with E-state index in [1.807, 2.05) is 11.3 Å². The normalized spacial score (nSPS) is 24.6. The van der Waals surface area contributed by atoms with Crippen molar-refractivity contribution in [3.8, 4) is 0 Å². The van der Waals surface area contributed by atoms with Gasteiger partial charge in [0.1, 0.15) is 0 Å². The molecule has 2 fully saturated rings. The zero-order valence-corrected chi connectivity index (χ0v) is 19.1. The first-order valence-electron chi connectivity index (χ1n) is 11.3. The largest absolute Gasteiger partial charge is 0.379 e. The van der Waals surface area contributed by atoms with Crippen molar-refractivity contribution < 1.29 is 4.74 Å². The van der Waals surface area contributed by atoms with Crippen LogP contribution in [-0.4, -0.2) is 81.8 Å². The molecule has 0 radical (unpaired) electrons. The van der Waals surface area contributed by atoms with E-state index in [1.54, 1.807) is 0 Å². The molecule has 2 atom stereocenters. The summed E-state index contributed by atoms with van der Waals surface area (Å²) in [5.74, 6) is 1.56. The number of unbranched alkanes of at least 4 members (excludes halogenated alkanes) is 1. The van der Waals surface area contributed by atoms with Gasteiger partial charge in [-0.25, -0.2) is 0 Å². The first kappa shape index (κ1) is 22.5. The monoisotopic (exact) mass is 421 g/mol. The second-order valence-electron chi connectivity index (χ2n) is 8.15. The topological polar surface area (TPSA) is 52.1 Å². The van der Waals surface area contributed by atoms with E-state index in [4.69, 9.17) is 9.73 Å². The molecule has 164 valence electrons. The number of piperidine rings is 1. The predicted octanol–water partition coefficient (Wildman–Crippen LogP) is 2.80. The van der Waals surface area contributed by atoms with Crippen LogP contribution in [0.15, 0.2) is 22.5 Å². The maximum absolute atomic E-state index is 5.42. The fourth-order valence-electron chi connectivity index (χ4n) is 4.40. The molecule has 29 heavy (non-hydrogen) atoms. The number of likely N-dealkylation sites (tertiary alicyclic amines) is 1. The van der Waals surface area contributed by atoms with Gasteiger partial charge in [-0.1, -0.05) is 6.07 Å². The van der Waals surface area contributed by atoms with Gasteiger partial charge in [0.05, 0.1) is 13.2 Å². The highest BCUT2D eigenvalue weighted by Crippen LogP contribution is 2.37. The quantitative estimate of drug-likeness (QED) is 0.365. The van der Waals surface area contributed by atoms with Crippen molar-refractivity contribution in [3.05, 3.63) is 22.4 Å². The molecule has 3 rings (SSSR count). The molecule has 0 saturated carbocycles. The number of nitrogens with one attached hydrogen (secondary N) is 2. The Morgan fingerprint density at radius 2 is 2.10 bits per heavy atom. The van der Waals surface area contributed by atoms with Gasteiger partial charge < -0.3 is 15.4 Å². The Balaban J connectivity index is 1.44. The van der Waals surface area contributed by atoms with Gasteiger partial charge in [0, 0.05) is 43.6 Å². The van der Waals surface area contributed by atoms with Gasteiger partial charge in [0.2, 0.25) is 0 Å². The highest BCUT2D eigenvalue weighted by molar-refractivity contribution is 7.10. The van der Waals surface area contributed by atoms with Crippen molar-refractivity contribution in [2.45, 2.75) is 38.6 Å². The van der Waals surface area contributed by atoms with Gasteiger partial charge in [-0.2, -0.15) is 0 Å². The summed E-state index contributed by atoms with van der Waals surface area (Å²) >= 11 is 1.88. The highest BCUT2D eigenvalue weighted by Gasteiger charge is 2.31. The van der Waals surface area contributed by atoms with Crippen molar-refractivity contribution in [1.29, 1.82) is 0 Å². The molecular formula is C22H39N5OS. The SMILES string of the molecule is CCNC(=NCC1CCCN(C)C1c1cccs1)NCCCCN1CCOCC1. The van der Waals surface area contributed by atoms with Gasteiger partial charge in [-0.3, -0.25) is 14.8 Å². The fraction of sp³-hybridized carbons (Fsp3) is 0.773. The molecule has 2 saturated heterocycles. The molecule has 0 spiro atoms. The molecule has 0 aliphatic carbocycles. The lowest BCUT2D eigenvalue weighted by atomic mass is 9.88. The van der Waals surface area contributed by atoms with Crippen molar-refractivity contribution in [2.75, 3.05) is 66.1 Å². The Bertz CT molecular complexity index is 588. The maximum atomic E-state index is 5.42. The van der Waals surface area contributed by atoms with Crippen LogP contribution in [0.5, 0.6) is 0 Å². The van der Waals surface area contributed by atoms with E-state index < -0.39 is 0 Å². The molecule has 0 aromatic carbocycles. The molecule has 2 unspecified atom stereocenters. The molecule has 0 amide bonds. The summed E-state index contributed by atoms with van der Waals surface area (Å²) in [6.07, 6.45) is 4.92. The van der Waals surface area contributed by atoms with Crippen LogP contribution in [0.2, 0.25) is 0 Å². The number of nitrogens with zero attached hydrogens (tertiary/aromatic N) is 3. The third kappa shape index (κ3) is 7.24. The van der Waals surface area contributed by atoms with Crippen LogP contribution in [0, 0.1) is 5.92 Å². The molecule has 3 heterocycles. The number of hydrogen-bond donors (Lipinski definition) is 2. The molecule has 2 aliphatic rings. The summed E-state index contributed by atoms with van der Waals surface area (Å²) in [5.41, 5.74) is 0. The number of rotatable bonds is 9. The van der Waals surface area contributed by atoms with Gasteiger partial charge in [-0.15, -0.1) is 11.3 Å². The van der Waals surface area contributed by atoms with Crippen LogP contribution in [-0.2, 0) is 4.74 Å². The minimum Gasteiger partial charge on any atom is -0.379 e. The Labute approximate surface area is 180 Å². The van der Waals surface area contributed by atoms with E-state index in [0.29, 0.717) is 12.0 Å². The average molecular weight is 422 g/mol. The standard InChI is InChI=1S/C22H39N5OS/c1-3-23-22(24-10-4-5-12-27-13-15-28-16-14-27)25-18-19-8-6-11-26(2)21(19)20-9-7-17-29-20/h7,9,17,19,21H,3-6,8,10-16,18H2,1-2H3,(H2,23,24,25). The van der Waals surface area contributed by atoms with E-state index in [1.165, 1.54) is 43.6 Å². The molecule has 1 aromatic rings. The van der Waals surface area contributed by atoms with Crippen LogP contribution < -0.4 is 10.6 Å². The van der Waals surface area contributed by atoms with Crippen LogP contribution in [0.25, 0.3) is 0 Å². The number of morpholine rings is 1. The summed E-state index contributed by atoms with van der Waals surface area (Å²) < 4.78 is 5.42. The fourth-order valence-corrected chi connectivity index (χ4v) is 5.39. The molecule has 2 aliphatic heterocycles. The van der Waals surface area contributed by atoms with Crippen LogP contribution >= 0.6 is 11.3 Å². The van der Waals surface area contributed by atoms with Gasteiger partial charge in [-0.05, 0) is 70.1 Å². The average Bonchev–Trinajstić information content (AvgIpc) is 3.27. The number of hydrogen-bond acceptors (Lipinski definition) is 5. The van der Waals surface area contributed by atoms with Gasteiger partial charge in [0.15, 0.2) is 5.96 Å². The summed E-state index contributed by atoms with van der Waals surface area (Å²) in [4.78, 5) is 11.5. The minimum atomic E-state index is 0.504. The minimum absolute atomic E-state index is 0.504. The third-order valence-electron chi connectivity index (χ3n) is 5.97. The van der Waals surface area contributed by atoms with Crippen molar-refractivity contribution >= 4 is 17.3 Å². The Morgan fingerprint density at radius 3 is 2.86 bits per heavy atom. The van der Waals surface area contributed by atoms with Crippen molar-refractivity contribution in [2.24, 2.45) is 10.9 Å². The molecule has 0 bridgehead atoms. The first-order chi connectivity index (χ1) is 14.3. The lowest BCUT2D eigenvalue weighted by Crippen LogP contribution is -2.40. The van der Waals surface area contributed by atoms with Crippen LogP contribution in [0.1, 0.15) is 43.5 Å². The maximum Gasteiger partial charge on any atom is 0.191 e. The van der Waals surface area contributed by atoms with Crippen LogP contribution in [0.3, 0.4) is 0 Å². The zero-order valence-electron chi connectivity index (χ0n) is 18.2. The molecule has 6 nitrogen and oxygen atoms in total. The second-order valence-corrected chi connectivity index (χ2v) is 9.13. The predicted molar refractivity (Wildman–Crippen MR) is 123 cm³/mol. The summed E-state index contributed by atoms with van der Waals surface area (Å²) in [5, 5.41) is 9.16. The number of aliphatic imine (C=N–C) groups is 1. The van der Waals surface area contributed by atoms with Crippen molar-refractivity contribution in [1.82, 2.24) is 20.4 Å². The zero-order chi connectivity index (χ0) is 20.3. The van der Waals surface area contributed by atoms with Crippen LogP contribution in [0.4, 0.5) is 0 Å². The van der Waals surface area contributed by atoms with Gasteiger partial charge >= 0.3 is 0 Å². The smallest absolute Gasteiger partial charge is 0.191 e. The van der Waals surface area contributed by atoms with E-state index in [9.17, 15) is 0 Å². The first-order valence-corrected chi connectivity index (χ1v) is 12.2. The lowest BCUT2D eigenvalue weighted by Gasteiger charge is -2.38. The Morgan fingerprint density at radius 1 is 1.24 bits per heavy atom. The van der Waals surface area contributed by atoms with E-state index in [2.05, 4.69) is 51.9 Å². The second kappa shape index (κ2) is 12.5. The Hall–Kier alpha value is -1.15. The number of guanidine groups is 1. The molecule has 1 aromatic heterocycles. The summed E-state index contributed by atoms with van der Waals surface area (Å²) in [7, 11) is 2.26. The summed E-state index contributed by atoms with van der Waals surface area (Å²) in [6.45, 7) is 11.2. The highest BCUT2D eigenvalue weighted by atomic mass is 32.1. The third-order valence-corrected chi connectivity index (χ3v) is 6.91. The van der Waals surface area contributed by atoms with E-state index in [0.717, 1.165) is 51.9 Å². The van der Waals surface area contributed by atoms with Gasteiger partial charge in [0.25, 0.3) is 0 Å². The molecule has 2 N–H and O–H groups in total. The Kier molecular flexibility index (Phi) is 9.73. The van der Waals surface area contributed by atoms with E-state index >= 15 is 0 Å². The number of thiophene rings is 1. The van der Waals surface area contributed by atoms with Crippen molar-refractivity contribution in [3.63, 3.8) is 0 Å². The van der Waals surface area contributed by atoms with E-state index in [-0.39, 0.29) is 0 Å². The number of ether oxygens (including phenoxy) is 1. The molecular weight excluding hydrogens is 382 g/mol.